The molecule has 0 unspecified atom stereocenters. The normalized spacial score (nSPS) is 20.9. The molecule has 0 bridgehead atoms. The summed E-state index contributed by atoms with van der Waals surface area (Å²) in [4.78, 5) is 13.5. The van der Waals surface area contributed by atoms with Crippen LogP contribution < -0.4 is 0 Å². The minimum Gasteiger partial charge on any atom is -0.372 e. The van der Waals surface area contributed by atoms with Gasteiger partial charge in [-0.05, 0) is 31.4 Å². The quantitative estimate of drug-likeness (QED) is 0.748. The van der Waals surface area contributed by atoms with Gasteiger partial charge in [0.2, 0.25) is 15.9 Å². The van der Waals surface area contributed by atoms with Crippen LogP contribution in [0, 0.1) is 6.92 Å². The second-order valence-corrected chi connectivity index (χ2v) is 9.11. The third kappa shape index (κ3) is 4.16. The largest absolute Gasteiger partial charge is 0.372 e. The summed E-state index contributed by atoms with van der Waals surface area (Å²) in [6.45, 7) is 7.76. The number of carbonyl (C=O) groups is 1. The molecule has 142 valence electrons. The molecule has 1 aromatic rings. The van der Waals surface area contributed by atoms with Crippen LogP contribution in [0.2, 0.25) is 0 Å². The monoisotopic (exact) mass is 378 g/mol. The molecule has 2 saturated heterocycles. The van der Waals surface area contributed by atoms with Gasteiger partial charge in [0.15, 0.2) is 0 Å². The lowest BCUT2D eigenvalue weighted by Crippen LogP contribution is -2.58. The minimum atomic E-state index is -3.40. The van der Waals surface area contributed by atoms with Gasteiger partial charge in [0.1, 0.15) is 0 Å². The van der Waals surface area contributed by atoms with Crippen LogP contribution >= 0.6 is 0 Å². The molecular formula is C19H26N2O4S. The molecule has 0 atom stereocenters. The Morgan fingerprint density at radius 1 is 1.23 bits per heavy atom. The summed E-state index contributed by atoms with van der Waals surface area (Å²) in [6.07, 6.45) is 2.60. The van der Waals surface area contributed by atoms with Crippen molar-refractivity contribution < 1.29 is 17.9 Å². The Morgan fingerprint density at radius 2 is 1.88 bits per heavy atom. The van der Waals surface area contributed by atoms with Crippen molar-refractivity contribution in [1.29, 1.82) is 0 Å². The SMILES string of the molecule is C=CC(=O)N1CCC2(CC1)CN(S(=O)(=O)Cc1ccc(C)cc1)CCO2. The van der Waals surface area contributed by atoms with E-state index in [0.717, 1.165) is 11.1 Å². The Balaban J connectivity index is 1.67. The predicted octanol–water partition coefficient (Wildman–Crippen LogP) is 1.70. The summed E-state index contributed by atoms with van der Waals surface area (Å²) in [5, 5.41) is 0. The van der Waals surface area contributed by atoms with Gasteiger partial charge in [0.05, 0.1) is 18.0 Å². The molecule has 0 saturated carbocycles. The second-order valence-electron chi connectivity index (χ2n) is 7.14. The van der Waals surface area contributed by atoms with Crippen LogP contribution in [0.3, 0.4) is 0 Å². The molecule has 0 N–H and O–H groups in total. The van der Waals surface area contributed by atoms with Gasteiger partial charge in [-0.15, -0.1) is 0 Å². The molecule has 0 aliphatic carbocycles. The Labute approximate surface area is 155 Å². The average molecular weight is 378 g/mol. The predicted molar refractivity (Wildman–Crippen MR) is 100 cm³/mol. The van der Waals surface area contributed by atoms with Crippen molar-refractivity contribution in [2.75, 3.05) is 32.8 Å². The number of piperidine rings is 1. The highest BCUT2D eigenvalue weighted by Gasteiger charge is 2.43. The van der Waals surface area contributed by atoms with E-state index in [2.05, 4.69) is 6.58 Å². The van der Waals surface area contributed by atoms with E-state index in [4.69, 9.17) is 4.74 Å². The molecule has 2 aliphatic rings. The smallest absolute Gasteiger partial charge is 0.245 e. The maximum absolute atomic E-state index is 12.9. The highest BCUT2D eigenvalue weighted by atomic mass is 32.2. The fraction of sp³-hybridized carbons (Fsp3) is 0.526. The number of aryl methyl sites for hydroxylation is 1. The fourth-order valence-electron chi connectivity index (χ4n) is 3.60. The first-order valence-electron chi connectivity index (χ1n) is 8.92. The number of sulfonamides is 1. The van der Waals surface area contributed by atoms with Crippen LogP contribution in [-0.2, 0) is 25.3 Å². The van der Waals surface area contributed by atoms with Crippen molar-refractivity contribution in [3.63, 3.8) is 0 Å². The molecule has 2 fully saturated rings. The molecular weight excluding hydrogens is 352 g/mol. The standard InChI is InChI=1S/C19H26N2O4S/c1-3-18(22)20-10-8-19(9-11-20)15-21(12-13-25-19)26(23,24)14-17-6-4-16(2)5-7-17/h3-7H,1,8-15H2,2H3. The zero-order chi connectivity index (χ0) is 18.8. The van der Waals surface area contributed by atoms with Crippen LogP contribution in [0.1, 0.15) is 24.0 Å². The van der Waals surface area contributed by atoms with E-state index in [1.165, 1.54) is 6.08 Å². The van der Waals surface area contributed by atoms with Crippen LogP contribution in [0.25, 0.3) is 0 Å². The maximum atomic E-state index is 12.9. The fourth-order valence-corrected chi connectivity index (χ4v) is 5.18. The maximum Gasteiger partial charge on any atom is 0.245 e. The van der Waals surface area contributed by atoms with Gasteiger partial charge >= 0.3 is 0 Å². The summed E-state index contributed by atoms with van der Waals surface area (Å²) < 4.78 is 33.3. The minimum absolute atomic E-state index is 0.00440. The molecule has 0 aromatic heterocycles. The second kappa shape index (κ2) is 7.50. The lowest BCUT2D eigenvalue weighted by molar-refractivity contribution is -0.140. The molecule has 3 rings (SSSR count). The lowest BCUT2D eigenvalue weighted by Gasteiger charge is -2.46. The molecule has 1 aromatic carbocycles. The van der Waals surface area contributed by atoms with Gasteiger partial charge in [-0.3, -0.25) is 4.79 Å². The first kappa shape index (κ1) is 19.1. The summed E-state index contributed by atoms with van der Waals surface area (Å²) in [6, 6.07) is 7.58. The van der Waals surface area contributed by atoms with Gasteiger partial charge in [0, 0.05) is 26.2 Å². The number of benzene rings is 1. The van der Waals surface area contributed by atoms with Crippen LogP contribution in [0.5, 0.6) is 0 Å². The van der Waals surface area contributed by atoms with Gasteiger partial charge < -0.3 is 9.64 Å². The van der Waals surface area contributed by atoms with Gasteiger partial charge in [-0.2, -0.15) is 4.31 Å². The molecule has 26 heavy (non-hydrogen) atoms. The molecule has 6 nitrogen and oxygen atoms in total. The Hall–Kier alpha value is -1.70. The highest BCUT2D eigenvalue weighted by Crippen LogP contribution is 2.31. The highest BCUT2D eigenvalue weighted by molar-refractivity contribution is 7.88. The number of hydrogen-bond donors (Lipinski definition) is 0. The van der Waals surface area contributed by atoms with Gasteiger partial charge in [-0.25, -0.2) is 8.42 Å². The lowest BCUT2D eigenvalue weighted by atomic mass is 9.90. The van der Waals surface area contributed by atoms with Crippen molar-refractivity contribution in [2.24, 2.45) is 0 Å². The average Bonchev–Trinajstić information content (AvgIpc) is 2.63. The van der Waals surface area contributed by atoms with Crippen molar-refractivity contribution in [2.45, 2.75) is 31.1 Å². The number of amides is 1. The molecule has 0 radical (unpaired) electrons. The summed E-state index contributed by atoms with van der Waals surface area (Å²) in [7, 11) is -3.40. The Kier molecular flexibility index (Phi) is 5.50. The molecule has 7 heteroatoms. The van der Waals surface area contributed by atoms with E-state index >= 15 is 0 Å². The van der Waals surface area contributed by atoms with E-state index < -0.39 is 15.6 Å². The topological polar surface area (TPSA) is 66.9 Å². The van der Waals surface area contributed by atoms with E-state index in [-0.39, 0.29) is 11.7 Å². The van der Waals surface area contributed by atoms with E-state index in [1.807, 2.05) is 31.2 Å². The number of carbonyl (C=O) groups excluding carboxylic acids is 1. The number of ether oxygens (including phenoxy) is 1. The van der Waals surface area contributed by atoms with Crippen molar-refractivity contribution in [3.8, 4) is 0 Å². The molecule has 1 spiro atoms. The summed E-state index contributed by atoms with van der Waals surface area (Å²) in [5.74, 6) is -0.0794. The van der Waals surface area contributed by atoms with E-state index in [0.29, 0.717) is 45.6 Å². The van der Waals surface area contributed by atoms with E-state index in [1.54, 1.807) is 9.21 Å². The number of rotatable bonds is 4. The number of likely N-dealkylation sites (tertiary alicyclic amines) is 1. The van der Waals surface area contributed by atoms with Crippen LogP contribution in [0.15, 0.2) is 36.9 Å². The molecule has 2 aliphatic heterocycles. The molecule has 2 heterocycles. The number of hydrogen-bond acceptors (Lipinski definition) is 4. The van der Waals surface area contributed by atoms with Gasteiger partial charge in [-0.1, -0.05) is 36.4 Å². The first-order chi connectivity index (χ1) is 12.3. The number of nitrogens with zero attached hydrogens (tertiary/aromatic N) is 2. The summed E-state index contributed by atoms with van der Waals surface area (Å²) >= 11 is 0. The van der Waals surface area contributed by atoms with Gasteiger partial charge in [0.25, 0.3) is 0 Å². The van der Waals surface area contributed by atoms with Crippen LogP contribution in [-0.4, -0.2) is 61.9 Å². The third-order valence-electron chi connectivity index (χ3n) is 5.24. The zero-order valence-corrected chi connectivity index (χ0v) is 16.0. The van der Waals surface area contributed by atoms with E-state index in [9.17, 15) is 13.2 Å². The van der Waals surface area contributed by atoms with Crippen molar-refractivity contribution >= 4 is 15.9 Å². The zero-order valence-electron chi connectivity index (χ0n) is 15.2. The summed E-state index contributed by atoms with van der Waals surface area (Å²) in [5.41, 5.74) is 1.41. The van der Waals surface area contributed by atoms with Crippen molar-refractivity contribution in [1.82, 2.24) is 9.21 Å². The molecule has 1 amide bonds. The van der Waals surface area contributed by atoms with Crippen LogP contribution in [0.4, 0.5) is 0 Å². The third-order valence-corrected chi connectivity index (χ3v) is 7.03. The number of morpholine rings is 1. The Bertz CT molecular complexity index is 765. The Morgan fingerprint density at radius 3 is 2.50 bits per heavy atom. The first-order valence-corrected chi connectivity index (χ1v) is 10.5. The van der Waals surface area contributed by atoms with Crippen molar-refractivity contribution in [3.05, 3.63) is 48.0 Å².